The van der Waals surface area contributed by atoms with Gasteiger partial charge >= 0.3 is 0 Å². The third-order valence-corrected chi connectivity index (χ3v) is 8.69. The first-order valence-electron chi connectivity index (χ1n) is 8.38. The first-order chi connectivity index (χ1) is 12.3. The Hall–Kier alpha value is -0.670. The number of benzene rings is 1. The molecule has 2 fully saturated rings. The number of sulfonamides is 1. The van der Waals surface area contributed by atoms with Gasteiger partial charge in [0.25, 0.3) is 0 Å². The van der Waals surface area contributed by atoms with E-state index in [1.807, 2.05) is 0 Å². The fourth-order valence-electron chi connectivity index (χ4n) is 3.27. The minimum absolute atomic E-state index is 0.00467. The highest BCUT2D eigenvalue weighted by Crippen LogP contribution is 2.30. The van der Waals surface area contributed by atoms with Gasteiger partial charge in [-0.05, 0) is 31.0 Å². The summed E-state index contributed by atoms with van der Waals surface area (Å²) in [5.41, 5.74) is 0. The van der Waals surface area contributed by atoms with E-state index in [4.69, 9.17) is 23.2 Å². The first-order valence-corrected chi connectivity index (χ1v) is 12.1. The topological polar surface area (TPSA) is 74.8 Å². The van der Waals surface area contributed by atoms with Crippen LogP contribution >= 0.6 is 23.2 Å². The van der Waals surface area contributed by atoms with E-state index in [0.29, 0.717) is 42.5 Å². The van der Waals surface area contributed by atoms with Gasteiger partial charge in [0.05, 0.1) is 5.02 Å². The van der Waals surface area contributed by atoms with Gasteiger partial charge in [0.1, 0.15) is 4.90 Å². The van der Waals surface area contributed by atoms with Gasteiger partial charge in [-0.1, -0.05) is 23.2 Å². The zero-order valence-electron chi connectivity index (χ0n) is 14.1. The molecule has 0 bridgehead atoms. The molecular formula is C16H20Cl2N2O4S2. The van der Waals surface area contributed by atoms with Crippen molar-refractivity contribution in [2.75, 3.05) is 37.7 Å². The lowest BCUT2D eigenvalue weighted by atomic mass is 9.96. The van der Waals surface area contributed by atoms with Gasteiger partial charge in [-0.25, -0.2) is 8.42 Å². The molecule has 1 amide bonds. The van der Waals surface area contributed by atoms with Crippen molar-refractivity contribution in [1.29, 1.82) is 0 Å². The number of carbonyl (C=O) groups excluding carboxylic acids is 1. The summed E-state index contributed by atoms with van der Waals surface area (Å²) in [7, 11) is -4.57. The van der Waals surface area contributed by atoms with Gasteiger partial charge < -0.3 is 4.90 Å². The van der Waals surface area contributed by atoms with Crippen LogP contribution in [0.2, 0.25) is 10.0 Å². The average molecular weight is 439 g/mol. The van der Waals surface area contributed by atoms with Gasteiger partial charge in [-0.2, -0.15) is 4.31 Å². The second-order valence-electron chi connectivity index (χ2n) is 6.43. The van der Waals surface area contributed by atoms with E-state index in [9.17, 15) is 17.4 Å². The lowest BCUT2D eigenvalue weighted by Crippen LogP contribution is -2.48. The predicted octanol–water partition coefficient (Wildman–Crippen LogP) is 1.99. The zero-order valence-corrected chi connectivity index (χ0v) is 17.2. The van der Waals surface area contributed by atoms with Crippen LogP contribution in [0.15, 0.2) is 23.1 Å². The van der Waals surface area contributed by atoms with E-state index in [2.05, 4.69) is 0 Å². The predicted molar refractivity (Wildman–Crippen MR) is 102 cm³/mol. The van der Waals surface area contributed by atoms with E-state index in [0.717, 1.165) is 0 Å². The maximum atomic E-state index is 12.8. The Kier molecular flexibility index (Phi) is 6.29. The summed E-state index contributed by atoms with van der Waals surface area (Å²) in [6.45, 7) is 1.56. The summed E-state index contributed by atoms with van der Waals surface area (Å²) in [6, 6.07) is 4.36. The number of rotatable bonds is 3. The third-order valence-electron chi connectivity index (χ3n) is 4.80. The number of hydrogen-bond acceptors (Lipinski definition) is 4. The molecule has 0 N–H and O–H groups in total. The maximum Gasteiger partial charge on any atom is 0.244 e. The fraction of sp³-hybridized carbons (Fsp3) is 0.562. The number of nitrogens with zero attached hydrogens (tertiary/aromatic N) is 2. The molecule has 2 aliphatic rings. The highest BCUT2D eigenvalue weighted by Gasteiger charge is 2.35. The van der Waals surface area contributed by atoms with Crippen molar-refractivity contribution in [3.05, 3.63) is 28.2 Å². The molecule has 0 aliphatic carbocycles. The maximum absolute atomic E-state index is 12.8. The molecule has 1 aromatic carbocycles. The Labute approximate surface area is 165 Å². The van der Waals surface area contributed by atoms with Crippen LogP contribution in [0.5, 0.6) is 0 Å². The van der Waals surface area contributed by atoms with Crippen molar-refractivity contribution in [1.82, 2.24) is 9.21 Å². The zero-order chi connectivity index (χ0) is 18.9. The van der Waals surface area contributed by atoms with Gasteiger partial charge in [-0.3, -0.25) is 9.00 Å². The minimum Gasteiger partial charge on any atom is -0.341 e. The smallest absolute Gasteiger partial charge is 0.244 e. The Bertz CT molecular complexity index is 814. The largest absolute Gasteiger partial charge is 0.341 e. The van der Waals surface area contributed by atoms with Crippen LogP contribution in [0.4, 0.5) is 0 Å². The molecule has 0 aromatic heterocycles. The normalized spacial score (nSPS) is 21.1. The van der Waals surface area contributed by atoms with E-state index >= 15 is 0 Å². The van der Waals surface area contributed by atoms with E-state index in [1.165, 1.54) is 16.4 Å². The summed E-state index contributed by atoms with van der Waals surface area (Å²) in [5, 5.41) is 0.439. The van der Waals surface area contributed by atoms with Crippen LogP contribution in [0.25, 0.3) is 0 Å². The highest BCUT2D eigenvalue weighted by atomic mass is 35.5. The molecule has 144 valence electrons. The molecule has 0 spiro atoms. The Morgan fingerprint density at radius 2 is 1.69 bits per heavy atom. The first kappa shape index (κ1) is 20.1. The molecule has 6 nitrogen and oxygen atoms in total. The molecule has 0 unspecified atom stereocenters. The lowest BCUT2D eigenvalue weighted by Gasteiger charge is -2.35. The number of carbonyl (C=O) groups is 1. The average Bonchev–Trinajstić information content (AvgIpc) is 2.64. The van der Waals surface area contributed by atoms with E-state index in [-0.39, 0.29) is 34.8 Å². The summed E-state index contributed by atoms with van der Waals surface area (Å²) in [5.74, 6) is 0.890. The lowest BCUT2D eigenvalue weighted by molar-refractivity contribution is -0.136. The third kappa shape index (κ3) is 4.25. The van der Waals surface area contributed by atoms with E-state index < -0.39 is 20.8 Å². The number of piperidine rings is 1. The minimum atomic E-state index is -3.74. The second-order valence-corrected chi connectivity index (χ2v) is 10.9. The quantitative estimate of drug-likeness (QED) is 0.722. The summed E-state index contributed by atoms with van der Waals surface area (Å²) in [4.78, 5) is 14.4. The van der Waals surface area contributed by atoms with Crippen molar-refractivity contribution in [3.63, 3.8) is 0 Å². The summed E-state index contributed by atoms with van der Waals surface area (Å²) in [6.07, 6.45) is 0.936. The monoisotopic (exact) mass is 438 g/mol. The van der Waals surface area contributed by atoms with Crippen LogP contribution in [-0.2, 0) is 25.6 Å². The SMILES string of the molecule is O=C(C1CCN(S(=O)(=O)c2cc(Cl)ccc2Cl)CC1)N1CCS(=O)CC1. The second kappa shape index (κ2) is 8.14. The molecule has 26 heavy (non-hydrogen) atoms. The molecule has 10 heteroatoms. The molecule has 0 saturated carbocycles. The molecule has 0 radical (unpaired) electrons. The molecule has 2 saturated heterocycles. The number of hydrogen-bond donors (Lipinski definition) is 0. The van der Waals surface area contributed by atoms with Crippen LogP contribution in [0.3, 0.4) is 0 Å². The molecule has 2 aliphatic heterocycles. The number of amides is 1. The standard InChI is InChI=1S/C16H20Cl2N2O4S2/c17-13-1-2-14(18)15(11-13)26(23,24)20-5-3-12(4-6-20)16(21)19-7-9-25(22)10-8-19/h1-2,11-12H,3-10H2. The Balaban J connectivity index is 1.65. The van der Waals surface area contributed by atoms with Crippen molar-refractivity contribution in [3.8, 4) is 0 Å². The van der Waals surface area contributed by atoms with Gasteiger partial charge in [0.15, 0.2) is 0 Å². The van der Waals surface area contributed by atoms with Gasteiger partial charge in [-0.15, -0.1) is 0 Å². The van der Waals surface area contributed by atoms with Crippen molar-refractivity contribution < 1.29 is 17.4 Å². The van der Waals surface area contributed by atoms with Crippen LogP contribution in [0, 0.1) is 5.92 Å². The van der Waals surface area contributed by atoms with Gasteiger partial charge in [0, 0.05) is 59.4 Å². The number of halogens is 2. The van der Waals surface area contributed by atoms with Gasteiger partial charge in [0.2, 0.25) is 15.9 Å². The molecule has 2 heterocycles. The molecule has 1 aromatic rings. The summed E-state index contributed by atoms with van der Waals surface area (Å²) < 4.78 is 38.4. The van der Waals surface area contributed by atoms with Crippen molar-refractivity contribution >= 4 is 49.9 Å². The van der Waals surface area contributed by atoms with Crippen LogP contribution in [0.1, 0.15) is 12.8 Å². The molecule has 3 rings (SSSR count). The van der Waals surface area contributed by atoms with Crippen molar-refractivity contribution in [2.24, 2.45) is 5.92 Å². The fourth-order valence-corrected chi connectivity index (χ4v) is 6.53. The highest BCUT2D eigenvalue weighted by molar-refractivity contribution is 7.89. The summed E-state index contributed by atoms with van der Waals surface area (Å²) >= 11 is 12.0. The Morgan fingerprint density at radius 1 is 1.08 bits per heavy atom. The molecular weight excluding hydrogens is 419 g/mol. The van der Waals surface area contributed by atoms with Crippen LogP contribution in [-0.4, -0.2) is 65.4 Å². The molecule has 0 atom stereocenters. The Morgan fingerprint density at radius 3 is 2.31 bits per heavy atom. The van der Waals surface area contributed by atoms with E-state index in [1.54, 1.807) is 11.0 Å². The van der Waals surface area contributed by atoms with Crippen molar-refractivity contribution in [2.45, 2.75) is 17.7 Å². The van der Waals surface area contributed by atoms with Crippen LogP contribution < -0.4 is 0 Å².